The molecule has 0 aliphatic heterocycles. The topological polar surface area (TPSA) is 61.8 Å². The molecule has 0 heterocycles. The van der Waals surface area contributed by atoms with E-state index in [0.717, 1.165) is 18.4 Å². The van der Waals surface area contributed by atoms with Gasteiger partial charge < -0.3 is 5.11 Å². The summed E-state index contributed by atoms with van der Waals surface area (Å²) in [5, 5.41) is 9.69. The van der Waals surface area contributed by atoms with Gasteiger partial charge in [0.15, 0.2) is 0 Å². The third kappa shape index (κ3) is 6.69. The molecule has 1 fully saturated rings. The molecule has 0 radical (unpaired) electrons. The van der Waals surface area contributed by atoms with Crippen molar-refractivity contribution >= 4 is 5.91 Å². The second-order valence-corrected chi connectivity index (χ2v) is 6.37. The highest BCUT2D eigenvalue weighted by molar-refractivity contribution is 5.76. The van der Waals surface area contributed by atoms with E-state index in [2.05, 4.69) is 10.4 Å². The normalized spacial score (nSPS) is 17.2. The number of nitrogens with zero attached hydrogens (tertiary/aromatic N) is 1. The molecule has 23 heavy (non-hydrogen) atoms. The van der Waals surface area contributed by atoms with Gasteiger partial charge in [-0.3, -0.25) is 14.5 Å². The van der Waals surface area contributed by atoms with Crippen molar-refractivity contribution in [2.24, 2.45) is 0 Å². The fourth-order valence-electron chi connectivity index (χ4n) is 3.12. The number of benzene rings is 1. The summed E-state index contributed by atoms with van der Waals surface area (Å²) in [6.45, 7) is 2.91. The number of hydrogen-bond acceptors (Lipinski definition) is 4. The lowest BCUT2D eigenvalue weighted by Gasteiger charge is -2.34. The Balaban J connectivity index is 1.77. The highest BCUT2D eigenvalue weighted by atomic mass is 16.6. The maximum Gasteiger partial charge on any atom is 0.257 e. The van der Waals surface area contributed by atoms with Crippen molar-refractivity contribution in [1.29, 1.82) is 0 Å². The van der Waals surface area contributed by atoms with Crippen LogP contribution in [0.25, 0.3) is 0 Å². The Hall–Kier alpha value is -1.43. The Kier molecular flexibility index (Phi) is 7.52. The summed E-state index contributed by atoms with van der Waals surface area (Å²) in [5.41, 5.74) is 3.53. The maximum absolute atomic E-state index is 12.1. The predicted molar refractivity (Wildman–Crippen MR) is 89.5 cm³/mol. The van der Waals surface area contributed by atoms with E-state index in [1.54, 1.807) is 6.92 Å². The molecule has 5 heteroatoms. The van der Waals surface area contributed by atoms with E-state index in [1.807, 2.05) is 30.3 Å². The van der Waals surface area contributed by atoms with Gasteiger partial charge in [-0.1, -0.05) is 49.6 Å². The largest absolute Gasteiger partial charge is 0.392 e. The van der Waals surface area contributed by atoms with Crippen molar-refractivity contribution < 1.29 is 14.7 Å². The summed E-state index contributed by atoms with van der Waals surface area (Å²) in [4.78, 5) is 19.5. The second-order valence-electron chi connectivity index (χ2n) is 6.37. The molecule has 0 saturated heterocycles. The number of carbonyl (C=O) groups excluding carboxylic acids is 1. The van der Waals surface area contributed by atoms with Crippen LogP contribution in [0, 0.1) is 0 Å². The van der Waals surface area contributed by atoms with Crippen LogP contribution < -0.4 is 5.48 Å². The fourth-order valence-corrected chi connectivity index (χ4v) is 3.12. The van der Waals surface area contributed by atoms with Gasteiger partial charge in [0.2, 0.25) is 0 Å². The van der Waals surface area contributed by atoms with E-state index < -0.39 is 6.10 Å². The van der Waals surface area contributed by atoms with Crippen LogP contribution in [-0.2, 0) is 16.2 Å². The van der Waals surface area contributed by atoms with Crippen molar-refractivity contribution in [3.05, 3.63) is 35.9 Å². The van der Waals surface area contributed by atoms with Crippen LogP contribution in [0.4, 0.5) is 0 Å². The standard InChI is InChI=1S/C18H28N2O3/c1-15(21)12-20(17-10-6-3-7-11-17)13-18(22)19-23-14-16-8-4-2-5-9-16/h2,4-5,8-9,15,17,21H,3,6-7,10-14H2,1H3,(H,19,22). The van der Waals surface area contributed by atoms with Gasteiger partial charge in [0.05, 0.1) is 19.3 Å². The minimum Gasteiger partial charge on any atom is -0.392 e. The molecule has 1 unspecified atom stereocenters. The van der Waals surface area contributed by atoms with Gasteiger partial charge in [0.25, 0.3) is 5.91 Å². The lowest BCUT2D eigenvalue weighted by atomic mass is 9.94. The van der Waals surface area contributed by atoms with Crippen LogP contribution in [0.1, 0.15) is 44.6 Å². The predicted octanol–water partition coefficient (Wildman–Crippen LogP) is 2.25. The number of carbonyl (C=O) groups is 1. The van der Waals surface area contributed by atoms with Crippen LogP contribution >= 0.6 is 0 Å². The highest BCUT2D eigenvalue weighted by Crippen LogP contribution is 2.22. The lowest BCUT2D eigenvalue weighted by Crippen LogP contribution is -2.46. The SMILES string of the molecule is CC(O)CN(CC(=O)NOCc1ccccc1)C1CCCCC1. The van der Waals surface area contributed by atoms with Crippen molar-refractivity contribution in [2.75, 3.05) is 13.1 Å². The number of nitrogens with one attached hydrogen (secondary N) is 1. The summed E-state index contributed by atoms with van der Waals surface area (Å²) in [7, 11) is 0. The number of aliphatic hydroxyl groups excluding tert-OH is 1. The monoisotopic (exact) mass is 320 g/mol. The summed E-state index contributed by atoms with van der Waals surface area (Å²) in [6.07, 6.45) is 5.44. The minimum atomic E-state index is -0.435. The van der Waals surface area contributed by atoms with E-state index in [4.69, 9.17) is 4.84 Å². The molecule has 0 spiro atoms. The first kappa shape index (κ1) is 17.9. The van der Waals surface area contributed by atoms with Crippen LogP contribution in [0.15, 0.2) is 30.3 Å². The highest BCUT2D eigenvalue weighted by Gasteiger charge is 2.24. The Labute approximate surface area is 138 Å². The molecule has 1 aliphatic carbocycles. The molecular weight excluding hydrogens is 292 g/mol. The lowest BCUT2D eigenvalue weighted by molar-refractivity contribution is -0.136. The van der Waals surface area contributed by atoms with Crippen molar-refractivity contribution in [2.45, 2.75) is 57.8 Å². The summed E-state index contributed by atoms with van der Waals surface area (Å²) < 4.78 is 0. The Morgan fingerprint density at radius 1 is 1.30 bits per heavy atom. The smallest absolute Gasteiger partial charge is 0.257 e. The average Bonchev–Trinajstić information content (AvgIpc) is 2.56. The molecular formula is C18H28N2O3. The van der Waals surface area contributed by atoms with Gasteiger partial charge in [-0.15, -0.1) is 0 Å². The number of hydrogen-bond donors (Lipinski definition) is 2. The minimum absolute atomic E-state index is 0.160. The molecule has 1 aliphatic rings. The first-order valence-electron chi connectivity index (χ1n) is 8.52. The van der Waals surface area contributed by atoms with Crippen molar-refractivity contribution in [3.8, 4) is 0 Å². The van der Waals surface area contributed by atoms with Crippen LogP contribution in [0.2, 0.25) is 0 Å². The summed E-state index contributed by atoms with van der Waals surface area (Å²) in [5.74, 6) is -0.160. The van der Waals surface area contributed by atoms with Gasteiger partial charge in [-0.2, -0.15) is 0 Å². The molecule has 1 aromatic rings. The van der Waals surface area contributed by atoms with Gasteiger partial charge in [-0.05, 0) is 25.3 Å². The first-order valence-corrected chi connectivity index (χ1v) is 8.52. The molecule has 1 aromatic carbocycles. The van der Waals surface area contributed by atoms with Gasteiger partial charge in [0.1, 0.15) is 0 Å². The number of rotatable bonds is 8. The van der Waals surface area contributed by atoms with E-state index in [0.29, 0.717) is 19.2 Å². The number of aliphatic hydroxyl groups is 1. The third-order valence-electron chi connectivity index (χ3n) is 4.20. The Morgan fingerprint density at radius 3 is 2.65 bits per heavy atom. The van der Waals surface area contributed by atoms with E-state index >= 15 is 0 Å². The first-order chi connectivity index (χ1) is 11.1. The van der Waals surface area contributed by atoms with Gasteiger partial charge >= 0.3 is 0 Å². The van der Waals surface area contributed by atoms with E-state index in [9.17, 15) is 9.90 Å². The average molecular weight is 320 g/mol. The molecule has 2 N–H and O–H groups in total. The summed E-state index contributed by atoms with van der Waals surface area (Å²) >= 11 is 0. The summed E-state index contributed by atoms with van der Waals surface area (Å²) in [6, 6.07) is 10.1. The molecule has 1 atom stereocenters. The number of amides is 1. The number of hydroxylamine groups is 1. The molecule has 1 saturated carbocycles. The molecule has 128 valence electrons. The zero-order chi connectivity index (χ0) is 16.5. The van der Waals surface area contributed by atoms with E-state index in [1.165, 1.54) is 19.3 Å². The second kappa shape index (κ2) is 9.65. The van der Waals surface area contributed by atoms with Crippen molar-refractivity contribution in [1.82, 2.24) is 10.4 Å². The third-order valence-corrected chi connectivity index (χ3v) is 4.20. The fraction of sp³-hybridized carbons (Fsp3) is 0.611. The maximum atomic E-state index is 12.1. The van der Waals surface area contributed by atoms with Crippen LogP contribution in [0.5, 0.6) is 0 Å². The van der Waals surface area contributed by atoms with Crippen LogP contribution in [0.3, 0.4) is 0 Å². The Bertz CT molecular complexity index is 459. The quantitative estimate of drug-likeness (QED) is 0.721. The van der Waals surface area contributed by atoms with Crippen LogP contribution in [-0.4, -0.2) is 41.1 Å². The van der Waals surface area contributed by atoms with Gasteiger partial charge in [0, 0.05) is 12.6 Å². The van der Waals surface area contributed by atoms with Gasteiger partial charge in [-0.25, -0.2) is 5.48 Å². The zero-order valence-electron chi connectivity index (χ0n) is 13.9. The van der Waals surface area contributed by atoms with Crippen molar-refractivity contribution in [3.63, 3.8) is 0 Å². The molecule has 1 amide bonds. The Morgan fingerprint density at radius 2 is 2.00 bits per heavy atom. The molecule has 2 rings (SSSR count). The van der Waals surface area contributed by atoms with E-state index in [-0.39, 0.29) is 12.5 Å². The molecule has 0 bridgehead atoms. The molecule has 5 nitrogen and oxygen atoms in total. The molecule has 0 aromatic heterocycles. The zero-order valence-corrected chi connectivity index (χ0v) is 13.9.